The molecule has 19 heavy (non-hydrogen) atoms. The zero-order valence-electron chi connectivity index (χ0n) is 10.5. The van der Waals surface area contributed by atoms with Gasteiger partial charge in [-0.15, -0.1) is 0 Å². The number of H-pyrrole nitrogens is 1. The smallest absolute Gasteiger partial charge is 0.274 e. The highest BCUT2D eigenvalue weighted by molar-refractivity contribution is 6.06. The van der Waals surface area contributed by atoms with Gasteiger partial charge in [0.1, 0.15) is 5.69 Å². The van der Waals surface area contributed by atoms with E-state index in [0.29, 0.717) is 5.69 Å². The number of carbonyl (C=O) groups is 1. The minimum atomic E-state index is -0.0794. The van der Waals surface area contributed by atoms with Gasteiger partial charge in [0.05, 0.1) is 11.0 Å². The number of para-hydroxylation sites is 1. The molecule has 1 amide bonds. The SMILES string of the molecule is CN(C(=O)c1cc2ncccc2[nH]1)c1ccccc1. The summed E-state index contributed by atoms with van der Waals surface area (Å²) in [6, 6.07) is 15.1. The molecule has 94 valence electrons. The molecule has 0 aliphatic rings. The summed E-state index contributed by atoms with van der Waals surface area (Å²) < 4.78 is 0. The number of nitrogens with zero attached hydrogens (tertiary/aromatic N) is 2. The predicted octanol–water partition coefficient (Wildman–Crippen LogP) is 2.84. The molecule has 0 spiro atoms. The Kier molecular flexibility index (Phi) is 2.76. The van der Waals surface area contributed by atoms with Gasteiger partial charge in [0.25, 0.3) is 5.91 Å². The van der Waals surface area contributed by atoms with Crippen LogP contribution in [0.2, 0.25) is 0 Å². The van der Waals surface area contributed by atoms with Crippen molar-refractivity contribution in [1.82, 2.24) is 9.97 Å². The first-order valence-electron chi connectivity index (χ1n) is 6.02. The first-order chi connectivity index (χ1) is 9.25. The summed E-state index contributed by atoms with van der Waals surface area (Å²) in [5.74, 6) is -0.0794. The van der Waals surface area contributed by atoms with Crippen LogP contribution in [0, 0.1) is 0 Å². The fourth-order valence-electron chi connectivity index (χ4n) is 2.02. The molecule has 3 rings (SSSR count). The van der Waals surface area contributed by atoms with Crippen molar-refractivity contribution in [2.75, 3.05) is 11.9 Å². The summed E-state index contributed by atoms with van der Waals surface area (Å²) >= 11 is 0. The Bertz CT molecular complexity index is 685. The largest absolute Gasteiger partial charge is 0.349 e. The lowest BCUT2D eigenvalue weighted by Crippen LogP contribution is -2.26. The van der Waals surface area contributed by atoms with Crippen LogP contribution in [0.3, 0.4) is 0 Å². The number of aromatic amines is 1. The summed E-state index contributed by atoms with van der Waals surface area (Å²) in [5, 5.41) is 0. The zero-order valence-corrected chi connectivity index (χ0v) is 10.5. The Morgan fingerprint density at radius 2 is 1.95 bits per heavy atom. The monoisotopic (exact) mass is 251 g/mol. The van der Waals surface area contributed by atoms with Crippen LogP contribution in [0.4, 0.5) is 5.69 Å². The van der Waals surface area contributed by atoms with Gasteiger partial charge in [-0.1, -0.05) is 18.2 Å². The highest BCUT2D eigenvalue weighted by Gasteiger charge is 2.15. The lowest BCUT2D eigenvalue weighted by molar-refractivity contribution is 0.0989. The molecule has 4 nitrogen and oxygen atoms in total. The number of benzene rings is 1. The predicted molar refractivity (Wildman–Crippen MR) is 75.3 cm³/mol. The van der Waals surface area contributed by atoms with Crippen molar-refractivity contribution in [1.29, 1.82) is 0 Å². The van der Waals surface area contributed by atoms with E-state index >= 15 is 0 Å². The molecule has 0 aliphatic heterocycles. The third-order valence-electron chi connectivity index (χ3n) is 3.07. The number of amides is 1. The van der Waals surface area contributed by atoms with Crippen LogP contribution in [-0.2, 0) is 0 Å². The molecule has 0 bridgehead atoms. The van der Waals surface area contributed by atoms with Crippen molar-refractivity contribution in [3.63, 3.8) is 0 Å². The van der Waals surface area contributed by atoms with Crippen molar-refractivity contribution in [3.05, 3.63) is 60.4 Å². The van der Waals surface area contributed by atoms with Gasteiger partial charge in [-0.2, -0.15) is 0 Å². The molecule has 3 aromatic rings. The van der Waals surface area contributed by atoms with Gasteiger partial charge in [-0.25, -0.2) is 0 Å². The van der Waals surface area contributed by atoms with Gasteiger partial charge in [-0.05, 0) is 30.3 Å². The van der Waals surface area contributed by atoms with Crippen LogP contribution < -0.4 is 4.90 Å². The first kappa shape index (κ1) is 11.5. The van der Waals surface area contributed by atoms with Crippen molar-refractivity contribution in [2.45, 2.75) is 0 Å². The maximum atomic E-state index is 12.4. The molecule has 2 heterocycles. The third-order valence-corrected chi connectivity index (χ3v) is 3.07. The normalized spacial score (nSPS) is 10.6. The quantitative estimate of drug-likeness (QED) is 0.761. The van der Waals surface area contributed by atoms with E-state index in [0.717, 1.165) is 16.7 Å². The number of aromatic nitrogens is 2. The van der Waals surface area contributed by atoms with Gasteiger partial charge < -0.3 is 9.88 Å². The minimum absolute atomic E-state index is 0.0794. The van der Waals surface area contributed by atoms with Crippen molar-refractivity contribution < 1.29 is 4.79 Å². The Balaban J connectivity index is 1.95. The fraction of sp³-hybridized carbons (Fsp3) is 0.0667. The number of hydrogen-bond acceptors (Lipinski definition) is 2. The molecule has 0 atom stereocenters. The van der Waals surface area contributed by atoms with Crippen LogP contribution in [0.5, 0.6) is 0 Å². The third kappa shape index (κ3) is 2.08. The van der Waals surface area contributed by atoms with Gasteiger partial charge in [0, 0.05) is 18.9 Å². The second kappa shape index (κ2) is 4.57. The summed E-state index contributed by atoms with van der Waals surface area (Å²) in [7, 11) is 1.76. The molecule has 1 N–H and O–H groups in total. The number of fused-ring (bicyclic) bond motifs is 1. The van der Waals surface area contributed by atoms with Crippen LogP contribution >= 0.6 is 0 Å². The second-order valence-corrected chi connectivity index (χ2v) is 4.32. The van der Waals surface area contributed by atoms with E-state index in [1.807, 2.05) is 42.5 Å². The van der Waals surface area contributed by atoms with Gasteiger partial charge in [-0.3, -0.25) is 9.78 Å². The lowest BCUT2D eigenvalue weighted by Gasteiger charge is -2.16. The molecule has 4 heteroatoms. The number of rotatable bonds is 2. The molecule has 2 aromatic heterocycles. The van der Waals surface area contributed by atoms with E-state index in [1.54, 1.807) is 24.2 Å². The number of hydrogen-bond donors (Lipinski definition) is 1. The van der Waals surface area contributed by atoms with Crippen LogP contribution in [0.25, 0.3) is 11.0 Å². The molecule has 0 unspecified atom stereocenters. The highest BCUT2D eigenvalue weighted by atomic mass is 16.2. The maximum absolute atomic E-state index is 12.4. The molecular weight excluding hydrogens is 238 g/mol. The van der Waals surface area contributed by atoms with Gasteiger partial charge in [0.2, 0.25) is 0 Å². The molecule has 0 fully saturated rings. The van der Waals surface area contributed by atoms with Gasteiger partial charge in [0.15, 0.2) is 0 Å². The zero-order chi connectivity index (χ0) is 13.2. The molecule has 1 aromatic carbocycles. The number of pyridine rings is 1. The Morgan fingerprint density at radius 3 is 2.68 bits per heavy atom. The van der Waals surface area contributed by atoms with E-state index in [4.69, 9.17) is 0 Å². The first-order valence-corrected chi connectivity index (χ1v) is 6.02. The fourth-order valence-corrected chi connectivity index (χ4v) is 2.02. The number of anilines is 1. The van der Waals surface area contributed by atoms with E-state index in [-0.39, 0.29) is 5.91 Å². The topological polar surface area (TPSA) is 49.0 Å². The average molecular weight is 251 g/mol. The molecular formula is C15H13N3O. The summed E-state index contributed by atoms with van der Waals surface area (Å²) in [6.07, 6.45) is 1.71. The highest BCUT2D eigenvalue weighted by Crippen LogP contribution is 2.17. The Morgan fingerprint density at radius 1 is 1.16 bits per heavy atom. The van der Waals surface area contributed by atoms with Crippen molar-refractivity contribution in [3.8, 4) is 0 Å². The van der Waals surface area contributed by atoms with Crippen molar-refractivity contribution >= 4 is 22.6 Å². The summed E-state index contributed by atoms with van der Waals surface area (Å²) in [4.78, 5) is 21.3. The summed E-state index contributed by atoms with van der Waals surface area (Å²) in [5.41, 5.74) is 3.07. The molecule has 0 saturated carbocycles. The average Bonchev–Trinajstić information content (AvgIpc) is 2.90. The van der Waals surface area contributed by atoms with E-state index in [9.17, 15) is 4.79 Å². The van der Waals surface area contributed by atoms with Crippen LogP contribution in [0.1, 0.15) is 10.5 Å². The van der Waals surface area contributed by atoms with Crippen LogP contribution in [0.15, 0.2) is 54.7 Å². The number of nitrogens with one attached hydrogen (secondary N) is 1. The Labute approximate surface area is 110 Å². The summed E-state index contributed by atoms with van der Waals surface area (Å²) in [6.45, 7) is 0. The van der Waals surface area contributed by atoms with E-state index in [2.05, 4.69) is 9.97 Å². The lowest BCUT2D eigenvalue weighted by atomic mass is 10.3. The second-order valence-electron chi connectivity index (χ2n) is 4.32. The van der Waals surface area contributed by atoms with Gasteiger partial charge >= 0.3 is 0 Å². The standard InChI is InChI=1S/C15H13N3O/c1-18(11-6-3-2-4-7-11)15(19)14-10-13-12(17-14)8-5-9-16-13/h2-10,17H,1H3. The minimum Gasteiger partial charge on any atom is -0.349 e. The van der Waals surface area contributed by atoms with Crippen LogP contribution in [-0.4, -0.2) is 22.9 Å². The molecule has 0 aliphatic carbocycles. The molecule has 0 saturated heterocycles. The maximum Gasteiger partial charge on any atom is 0.274 e. The van der Waals surface area contributed by atoms with E-state index in [1.165, 1.54) is 0 Å². The van der Waals surface area contributed by atoms with Crippen molar-refractivity contribution in [2.24, 2.45) is 0 Å². The molecule has 0 radical (unpaired) electrons. The van der Waals surface area contributed by atoms with E-state index < -0.39 is 0 Å². The number of carbonyl (C=O) groups excluding carboxylic acids is 1. The Hall–Kier alpha value is -2.62.